The van der Waals surface area contributed by atoms with Gasteiger partial charge in [0, 0.05) is 16.9 Å². The van der Waals surface area contributed by atoms with Gasteiger partial charge in [0.1, 0.15) is 0 Å². The summed E-state index contributed by atoms with van der Waals surface area (Å²) in [6.07, 6.45) is 0.846. The fraction of sp³-hybridized carbons (Fsp3) is 0.300. The Hall–Kier alpha value is -1.02. The maximum absolute atomic E-state index is 11.2. The summed E-state index contributed by atoms with van der Waals surface area (Å²) in [4.78, 5) is 11.2. The van der Waals surface area contributed by atoms with Gasteiger partial charge in [0.05, 0.1) is 0 Å². The van der Waals surface area contributed by atoms with Crippen molar-refractivity contribution in [3.63, 3.8) is 0 Å². The van der Waals surface area contributed by atoms with Gasteiger partial charge in [-0.2, -0.15) is 0 Å². The van der Waals surface area contributed by atoms with Crippen molar-refractivity contribution in [2.45, 2.75) is 17.7 Å². The van der Waals surface area contributed by atoms with Crippen molar-refractivity contribution in [3.05, 3.63) is 40.1 Å². The van der Waals surface area contributed by atoms with Crippen LogP contribution in [0.5, 0.6) is 5.75 Å². The van der Waals surface area contributed by atoms with Gasteiger partial charge in [-0.15, -0.1) is 11.6 Å². The Labute approximate surface area is 80.8 Å². The molecule has 0 spiro atoms. The third-order valence-electron chi connectivity index (χ3n) is 2.25. The van der Waals surface area contributed by atoms with Crippen LogP contribution in [0.1, 0.15) is 17.9 Å². The molecule has 0 saturated heterocycles. The quantitative estimate of drug-likeness (QED) is 0.696. The van der Waals surface area contributed by atoms with Crippen LogP contribution in [0.25, 0.3) is 0 Å². The molecule has 1 N–H and O–H groups in total. The molecule has 1 aromatic carbocycles. The molecule has 0 heterocycles. The van der Waals surface area contributed by atoms with Crippen molar-refractivity contribution < 1.29 is 5.11 Å². The van der Waals surface area contributed by atoms with E-state index in [1.165, 1.54) is 6.07 Å². The second kappa shape index (κ2) is 3.04. The van der Waals surface area contributed by atoms with Crippen LogP contribution in [-0.4, -0.2) is 10.5 Å². The molecule has 1 aromatic rings. The lowest BCUT2D eigenvalue weighted by Gasteiger charge is -1.95. The molecule has 0 bridgehead atoms. The summed E-state index contributed by atoms with van der Waals surface area (Å²) in [7, 11) is 0. The highest BCUT2D eigenvalue weighted by atomic mass is 35.5. The number of halogens is 1. The number of aromatic hydroxyl groups is 1. The first kappa shape index (κ1) is 8.57. The first-order chi connectivity index (χ1) is 6.20. The third-order valence-corrected chi connectivity index (χ3v) is 2.74. The van der Waals surface area contributed by atoms with Crippen molar-refractivity contribution in [3.8, 4) is 5.75 Å². The lowest BCUT2D eigenvalue weighted by atomic mass is 10.2. The molecule has 0 amide bonds. The number of hydrogen-bond acceptors (Lipinski definition) is 2. The summed E-state index contributed by atoms with van der Waals surface area (Å²) in [6.45, 7) is 0. The predicted octanol–water partition coefficient (Wildman–Crippen LogP) is 1.85. The third kappa shape index (κ3) is 1.54. The minimum Gasteiger partial charge on any atom is -0.504 e. The Kier molecular flexibility index (Phi) is 2.00. The topological polar surface area (TPSA) is 37.3 Å². The molecule has 2 nitrogen and oxygen atoms in total. The lowest BCUT2D eigenvalue weighted by molar-refractivity contribution is 0.464. The molecule has 1 saturated carbocycles. The van der Waals surface area contributed by atoms with Crippen LogP contribution in [0.15, 0.2) is 29.1 Å². The van der Waals surface area contributed by atoms with Crippen molar-refractivity contribution in [1.82, 2.24) is 0 Å². The Morgan fingerprint density at radius 2 is 2.00 bits per heavy atom. The SMILES string of the molecule is O=c1ccccc(C2CC2Cl)c1O. The van der Waals surface area contributed by atoms with E-state index in [-0.39, 0.29) is 22.5 Å². The van der Waals surface area contributed by atoms with Gasteiger partial charge in [0.2, 0.25) is 5.43 Å². The molecule has 2 atom stereocenters. The van der Waals surface area contributed by atoms with Gasteiger partial charge in [-0.3, -0.25) is 4.79 Å². The number of hydrogen-bond donors (Lipinski definition) is 1. The fourth-order valence-electron chi connectivity index (χ4n) is 1.39. The van der Waals surface area contributed by atoms with E-state index in [1.54, 1.807) is 18.2 Å². The van der Waals surface area contributed by atoms with E-state index in [4.69, 9.17) is 11.6 Å². The van der Waals surface area contributed by atoms with Crippen LogP contribution >= 0.6 is 11.6 Å². The van der Waals surface area contributed by atoms with Gasteiger partial charge in [0.25, 0.3) is 0 Å². The van der Waals surface area contributed by atoms with Gasteiger partial charge in [0.15, 0.2) is 5.75 Å². The zero-order chi connectivity index (χ0) is 9.42. The molecule has 2 rings (SSSR count). The maximum Gasteiger partial charge on any atom is 0.220 e. The molecular formula is C10H9ClO2. The highest BCUT2D eigenvalue weighted by Crippen LogP contribution is 2.46. The zero-order valence-corrected chi connectivity index (χ0v) is 7.66. The minimum absolute atomic E-state index is 0.0766. The van der Waals surface area contributed by atoms with Gasteiger partial charge < -0.3 is 5.11 Å². The molecule has 0 radical (unpaired) electrons. The summed E-state index contributed by atoms with van der Waals surface area (Å²) < 4.78 is 0. The van der Waals surface area contributed by atoms with E-state index in [9.17, 15) is 9.90 Å². The summed E-state index contributed by atoms with van der Waals surface area (Å²) in [5.74, 6) is -0.0000772. The lowest BCUT2D eigenvalue weighted by Crippen LogP contribution is -1.96. The second-order valence-electron chi connectivity index (χ2n) is 3.24. The molecule has 2 unspecified atom stereocenters. The van der Waals surface area contributed by atoms with Crippen LogP contribution in [0.3, 0.4) is 0 Å². The van der Waals surface area contributed by atoms with Crippen LogP contribution < -0.4 is 5.43 Å². The van der Waals surface area contributed by atoms with Gasteiger partial charge in [-0.05, 0) is 12.5 Å². The standard InChI is InChI=1S/C10H9ClO2/c11-8-5-7(8)6-3-1-2-4-9(12)10(6)13/h1-4,7-8H,5H2,(H,12,13). The Morgan fingerprint density at radius 1 is 1.38 bits per heavy atom. The second-order valence-corrected chi connectivity index (χ2v) is 3.81. The summed E-state index contributed by atoms with van der Waals surface area (Å²) in [5.41, 5.74) is 0.339. The molecule has 0 aliphatic heterocycles. The fourth-order valence-corrected chi connectivity index (χ4v) is 1.72. The molecular weight excluding hydrogens is 188 g/mol. The van der Waals surface area contributed by atoms with E-state index < -0.39 is 0 Å². The van der Waals surface area contributed by atoms with E-state index in [0.29, 0.717) is 5.56 Å². The van der Waals surface area contributed by atoms with E-state index in [2.05, 4.69) is 0 Å². The first-order valence-electron chi connectivity index (χ1n) is 4.16. The van der Waals surface area contributed by atoms with Crippen molar-refractivity contribution in [2.75, 3.05) is 0 Å². The maximum atomic E-state index is 11.2. The summed E-state index contributed by atoms with van der Waals surface area (Å²) in [6, 6.07) is 6.48. The van der Waals surface area contributed by atoms with E-state index in [1.807, 2.05) is 0 Å². The molecule has 3 heteroatoms. The molecule has 1 aliphatic rings. The van der Waals surface area contributed by atoms with Crippen molar-refractivity contribution in [1.29, 1.82) is 0 Å². The monoisotopic (exact) mass is 196 g/mol. The number of rotatable bonds is 1. The summed E-state index contributed by atoms with van der Waals surface area (Å²) >= 11 is 5.84. The molecule has 1 fully saturated rings. The predicted molar refractivity (Wildman–Crippen MR) is 51.4 cm³/mol. The Bertz CT molecular complexity index is 389. The smallest absolute Gasteiger partial charge is 0.220 e. The van der Waals surface area contributed by atoms with Crippen molar-refractivity contribution in [2.24, 2.45) is 0 Å². The van der Waals surface area contributed by atoms with Crippen LogP contribution in [-0.2, 0) is 0 Å². The van der Waals surface area contributed by atoms with Crippen LogP contribution in [0.4, 0.5) is 0 Å². The average Bonchev–Trinajstić information content (AvgIpc) is 2.82. The normalized spacial score (nSPS) is 25.6. The highest BCUT2D eigenvalue weighted by Gasteiger charge is 2.38. The molecule has 0 aromatic heterocycles. The van der Waals surface area contributed by atoms with Gasteiger partial charge >= 0.3 is 0 Å². The summed E-state index contributed by atoms with van der Waals surface area (Å²) in [5, 5.41) is 9.59. The Morgan fingerprint density at radius 3 is 2.62 bits per heavy atom. The first-order valence-corrected chi connectivity index (χ1v) is 4.60. The van der Waals surface area contributed by atoms with Gasteiger partial charge in [-0.1, -0.05) is 18.2 Å². The molecule has 68 valence electrons. The van der Waals surface area contributed by atoms with Crippen molar-refractivity contribution >= 4 is 11.6 Å². The van der Waals surface area contributed by atoms with Crippen LogP contribution in [0, 0.1) is 0 Å². The largest absolute Gasteiger partial charge is 0.504 e. The molecule has 1 aliphatic carbocycles. The van der Waals surface area contributed by atoms with Gasteiger partial charge in [-0.25, -0.2) is 0 Å². The average molecular weight is 197 g/mol. The van der Waals surface area contributed by atoms with Crippen LogP contribution in [0.2, 0.25) is 0 Å². The van der Waals surface area contributed by atoms with E-state index >= 15 is 0 Å². The molecule has 13 heavy (non-hydrogen) atoms. The Balaban J connectivity index is 2.53. The number of alkyl halides is 1. The van der Waals surface area contributed by atoms with E-state index in [0.717, 1.165) is 6.42 Å². The zero-order valence-electron chi connectivity index (χ0n) is 6.90. The highest BCUT2D eigenvalue weighted by molar-refractivity contribution is 6.23. The minimum atomic E-state index is -0.337.